The molecule has 7 nitrogen and oxygen atoms in total. The number of methoxy groups -OCH3 is 1. The van der Waals surface area contributed by atoms with Gasteiger partial charge in [-0.15, -0.1) is 0 Å². The fourth-order valence-corrected chi connectivity index (χ4v) is 3.25. The number of hydrogen-bond acceptors (Lipinski definition) is 5. The van der Waals surface area contributed by atoms with Crippen LogP contribution >= 0.6 is 0 Å². The smallest absolute Gasteiger partial charge is 0.387 e. The summed E-state index contributed by atoms with van der Waals surface area (Å²) in [6.45, 7) is -1.34. The van der Waals surface area contributed by atoms with E-state index in [1.807, 2.05) is 0 Å². The molecule has 0 saturated carbocycles. The minimum absolute atomic E-state index is 0.0617. The molecule has 1 amide bonds. The number of hydrogen-bond donors (Lipinski definition) is 1. The summed E-state index contributed by atoms with van der Waals surface area (Å²) in [6, 6.07) is 10.0. The van der Waals surface area contributed by atoms with E-state index in [4.69, 9.17) is 9.88 Å². The van der Waals surface area contributed by atoms with Crippen LogP contribution in [0.25, 0.3) is 6.08 Å². The fraction of sp³-hybridized carbons (Fsp3) is 0.250. The Bertz CT molecular complexity index is 1040. The molecule has 0 heterocycles. The Labute approximate surface area is 173 Å². The van der Waals surface area contributed by atoms with Crippen molar-refractivity contribution in [3.8, 4) is 11.5 Å². The fourth-order valence-electron chi connectivity index (χ4n) is 2.68. The van der Waals surface area contributed by atoms with E-state index in [1.165, 1.54) is 61.5 Å². The monoisotopic (exact) mass is 440 g/mol. The maximum atomic E-state index is 12.7. The number of nitrogens with two attached hydrogens (primary N) is 1. The number of alkyl halides is 2. The van der Waals surface area contributed by atoms with E-state index in [0.29, 0.717) is 5.56 Å². The molecule has 0 radical (unpaired) electrons. The van der Waals surface area contributed by atoms with E-state index >= 15 is 0 Å². The zero-order chi connectivity index (χ0) is 22.5. The van der Waals surface area contributed by atoms with E-state index in [9.17, 15) is 22.0 Å². The Morgan fingerprint density at radius 2 is 1.87 bits per heavy atom. The summed E-state index contributed by atoms with van der Waals surface area (Å²) >= 11 is 0. The molecule has 2 aromatic carbocycles. The first kappa shape index (κ1) is 23.3. The standard InChI is InChI=1S/C20H22F2N2O5S/c1-13(15-7-4-8-16(12-15)30(23,26)27)24(2)18(25)11-10-14-6-5-9-17(28-3)19(14)29-20(21)22/h4-13,20H,1-3H3,(H2,23,26,27)/b11-10+. The Morgan fingerprint density at radius 1 is 1.20 bits per heavy atom. The van der Waals surface area contributed by atoms with Crippen molar-refractivity contribution in [3.63, 3.8) is 0 Å². The number of para-hydroxylation sites is 1. The number of nitrogens with zero attached hydrogens (tertiary/aromatic N) is 1. The number of carbonyl (C=O) groups is 1. The van der Waals surface area contributed by atoms with Crippen LogP contribution in [0.1, 0.15) is 24.1 Å². The molecule has 0 aliphatic carbocycles. The third-order valence-electron chi connectivity index (χ3n) is 4.44. The Hall–Kier alpha value is -2.98. The summed E-state index contributed by atoms with van der Waals surface area (Å²) in [5.74, 6) is -0.517. The molecule has 1 atom stereocenters. The Kier molecular flexibility index (Phi) is 7.52. The van der Waals surface area contributed by atoms with Crippen molar-refractivity contribution in [2.24, 2.45) is 5.14 Å². The second kappa shape index (κ2) is 9.68. The first-order chi connectivity index (χ1) is 14.0. The van der Waals surface area contributed by atoms with Crippen molar-refractivity contribution >= 4 is 22.0 Å². The van der Waals surface area contributed by atoms with E-state index in [-0.39, 0.29) is 22.0 Å². The van der Waals surface area contributed by atoms with Gasteiger partial charge in [-0.1, -0.05) is 24.3 Å². The molecule has 0 spiro atoms. The topological polar surface area (TPSA) is 98.9 Å². The van der Waals surface area contributed by atoms with Gasteiger partial charge in [0.15, 0.2) is 11.5 Å². The van der Waals surface area contributed by atoms with Crippen LogP contribution in [0.3, 0.4) is 0 Å². The van der Waals surface area contributed by atoms with E-state index in [2.05, 4.69) is 4.74 Å². The van der Waals surface area contributed by atoms with Crippen LogP contribution in [0, 0.1) is 0 Å². The molecule has 162 valence electrons. The van der Waals surface area contributed by atoms with E-state index < -0.39 is 28.6 Å². The molecule has 2 aromatic rings. The van der Waals surface area contributed by atoms with Crippen LogP contribution in [0.2, 0.25) is 0 Å². The molecule has 0 aliphatic rings. The van der Waals surface area contributed by atoms with Crippen LogP contribution in [-0.2, 0) is 14.8 Å². The summed E-state index contributed by atoms with van der Waals surface area (Å²) in [4.78, 5) is 13.9. The van der Waals surface area contributed by atoms with Gasteiger partial charge in [0.1, 0.15) is 0 Å². The molecule has 2 rings (SSSR count). The number of primary sulfonamides is 1. The Balaban J connectivity index is 2.25. The van der Waals surface area contributed by atoms with Crippen molar-refractivity contribution in [2.75, 3.05) is 14.2 Å². The highest BCUT2D eigenvalue weighted by molar-refractivity contribution is 7.89. The third kappa shape index (κ3) is 5.77. The van der Waals surface area contributed by atoms with Crippen molar-refractivity contribution < 1.29 is 31.5 Å². The summed E-state index contributed by atoms with van der Waals surface area (Å²) < 4.78 is 58.1. The first-order valence-corrected chi connectivity index (χ1v) is 10.3. The minimum atomic E-state index is -3.88. The van der Waals surface area contributed by atoms with Crippen LogP contribution in [0.5, 0.6) is 11.5 Å². The number of rotatable bonds is 8. The predicted octanol–water partition coefficient (Wildman–Crippen LogP) is 3.18. The van der Waals surface area contributed by atoms with Crippen LogP contribution in [-0.4, -0.2) is 40.0 Å². The van der Waals surface area contributed by atoms with Gasteiger partial charge in [-0.05, 0) is 36.8 Å². The summed E-state index contributed by atoms with van der Waals surface area (Å²) in [7, 11) is -1.03. The average molecular weight is 440 g/mol. The molecule has 0 bridgehead atoms. The number of carbonyl (C=O) groups excluding carboxylic acids is 1. The van der Waals surface area contributed by atoms with Crippen molar-refractivity contribution in [2.45, 2.75) is 24.5 Å². The number of benzene rings is 2. The van der Waals surface area contributed by atoms with Crippen molar-refractivity contribution in [1.29, 1.82) is 0 Å². The number of amides is 1. The molecule has 2 N–H and O–H groups in total. The number of likely N-dealkylation sites (N-methyl/N-ethyl adjacent to an activating group) is 1. The molecule has 0 aliphatic heterocycles. The number of halogens is 2. The van der Waals surface area contributed by atoms with Crippen molar-refractivity contribution in [1.82, 2.24) is 4.90 Å². The molecule has 0 aromatic heterocycles. The van der Waals surface area contributed by atoms with Gasteiger partial charge in [0, 0.05) is 18.7 Å². The highest BCUT2D eigenvalue weighted by Crippen LogP contribution is 2.33. The second-order valence-corrected chi connectivity index (χ2v) is 7.89. The van der Waals surface area contributed by atoms with Crippen molar-refractivity contribution in [3.05, 3.63) is 59.7 Å². The summed E-state index contributed by atoms with van der Waals surface area (Å²) in [6.07, 6.45) is 2.54. The van der Waals surface area contributed by atoms with E-state index in [1.54, 1.807) is 19.1 Å². The third-order valence-corrected chi connectivity index (χ3v) is 5.35. The van der Waals surface area contributed by atoms with E-state index in [0.717, 1.165) is 0 Å². The molecular formula is C20H22F2N2O5S. The zero-order valence-corrected chi connectivity index (χ0v) is 17.4. The zero-order valence-electron chi connectivity index (χ0n) is 16.6. The first-order valence-electron chi connectivity index (χ1n) is 8.74. The largest absolute Gasteiger partial charge is 0.493 e. The molecule has 1 unspecified atom stereocenters. The lowest BCUT2D eigenvalue weighted by Gasteiger charge is -2.24. The van der Waals surface area contributed by atoms with Crippen LogP contribution in [0.4, 0.5) is 8.78 Å². The Morgan fingerprint density at radius 3 is 2.47 bits per heavy atom. The minimum Gasteiger partial charge on any atom is -0.493 e. The summed E-state index contributed by atoms with van der Waals surface area (Å²) in [5, 5.41) is 5.15. The summed E-state index contributed by atoms with van der Waals surface area (Å²) in [5.41, 5.74) is 0.800. The molecule has 0 saturated heterocycles. The maximum absolute atomic E-state index is 12.7. The van der Waals surface area contributed by atoms with Gasteiger partial charge in [0.05, 0.1) is 18.0 Å². The van der Waals surface area contributed by atoms with Gasteiger partial charge >= 0.3 is 6.61 Å². The lowest BCUT2D eigenvalue weighted by atomic mass is 10.1. The normalized spacial score (nSPS) is 12.8. The van der Waals surface area contributed by atoms with Gasteiger partial charge < -0.3 is 14.4 Å². The van der Waals surface area contributed by atoms with Gasteiger partial charge in [0.2, 0.25) is 15.9 Å². The lowest BCUT2D eigenvalue weighted by Crippen LogP contribution is -2.28. The quantitative estimate of drug-likeness (QED) is 0.636. The molecule has 0 fully saturated rings. The van der Waals surface area contributed by atoms with Crippen LogP contribution < -0.4 is 14.6 Å². The SMILES string of the molecule is COc1cccc(/C=C/C(=O)N(C)C(C)c2cccc(S(N)(=O)=O)c2)c1OC(F)F. The molecule has 30 heavy (non-hydrogen) atoms. The van der Waals surface area contributed by atoms with Gasteiger partial charge in [-0.2, -0.15) is 8.78 Å². The van der Waals surface area contributed by atoms with Gasteiger partial charge in [0.25, 0.3) is 0 Å². The highest BCUT2D eigenvalue weighted by Gasteiger charge is 2.19. The second-order valence-electron chi connectivity index (χ2n) is 6.33. The average Bonchev–Trinajstić information content (AvgIpc) is 2.70. The van der Waals surface area contributed by atoms with Gasteiger partial charge in [-0.3, -0.25) is 4.79 Å². The maximum Gasteiger partial charge on any atom is 0.387 e. The number of ether oxygens (including phenoxy) is 2. The lowest BCUT2D eigenvalue weighted by molar-refractivity contribution is -0.126. The van der Waals surface area contributed by atoms with Gasteiger partial charge in [-0.25, -0.2) is 13.6 Å². The molecular weight excluding hydrogens is 418 g/mol. The number of sulfonamides is 1. The predicted molar refractivity (Wildman–Crippen MR) is 108 cm³/mol. The highest BCUT2D eigenvalue weighted by atomic mass is 32.2. The van der Waals surface area contributed by atoms with Crippen LogP contribution in [0.15, 0.2) is 53.4 Å². The molecule has 10 heteroatoms.